The van der Waals surface area contributed by atoms with Crippen LogP contribution in [0, 0.1) is 6.92 Å². The van der Waals surface area contributed by atoms with E-state index in [0.717, 1.165) is 5.56 Å². The second-order valence-corrected chi connectivity index (χ2v) is 8.59. The number of ether oxygens (including phenoxy) is 2. The fraction of sp³-hybridized carbons (Fsp3) is 0.350. The molecule has 2 aromatic carbocycles. The highest BCUT2D eigenvalue weighted by Crippen LogP contribution is 2.26. The highest BCUT2D eigenvalue weighted by atomic mass is 32.2. The maximum atomic E-state index is 12.5. The van der Waals surface area contributed by atoms with Gasteiger partial charge in [-0.15, -0.1) is 0 Å². The van der Waals surface area contributed by atoms with E-state index in [9.17, 15) is 13.2 Å². The smallest absolute Gasteiger partial charge is 0.255 e. The van der Waals surface area contributed by atoms with Crippen molar-refractivity contribution in [2.75, 3.05) is 38.7 Å². The van der Waals surface area contributed by atoms with Crippen LogP contribution < -0.4 is 10.1 Å². The number of methoxy groups -OCH3 is 1. The molecule has 0 bridgehead atoms. The Kier molecular flexibility index (Phi) is 6.33. The quantitative estimate of drug-likeness (QED) is 0.799. The van der Waals surface area contributed by atoms with Crippen LogP contribution in [0.5, 0.6) is 5.75 Å². The number of hydrogen-bond acceptors (Lipinski definition) is 5. The number of carbonyl (C=O) groups is 1. The highest BCUT2D eigenvalue weighted by molar-refractivity contribution is 7.88. The fourth-order valence-corrected chi connectivity index (χ4v) is 4.49. The molecule has 1 amide bonds. The van der Waals surface area contributed by atoms with Gasteiger partial charge in [-0.25, -0.2) is 8.42 Å². The molecule has 1 aliphatic rings. The fourth-order valence-electron chi connectivity index (χ4n) is 2.99. The van der Waals surface area contributed by atoms with Crippen LogP contribution >= 0.6 is 0 Å². The number of morpholine rings is 1. The van der Waals surface area contributed by atoms with Crippen LogP contribution in [0.25, 0.3) is 0 Å². The Morgan fingerprint density at radius 1 is 1.14 bits per heavy atom. The van der Waals surface area contributed by atoms with E-state index >= 15 is 0 Å². The minimum Gasteiger partial charge on any atom is -0.495 e. The molecular formula is C20H24N2O5S. The minimum absolute atomic E-state index is 0.0966. The summed E-state index contributed by atoms with van der Waals surface area (Å²) in [5, 5.41) is 2.83. The first kappa shape index (κ1) is 20.3. The van der Waals surface area contributed by atoms with Gasteiger partial charge < -0.3 is 14.8 Å². The van der Waals surface area contributed by atoms with Crippen molar-refractivity contribution in [3.63, 3.8) is 0 Å². The Hall–Kier alpha value is -2.42. The number of benzene rings is 2. The molecule has 1 heterocycles. The van der Waals surface area contributed by atoms with Gasteiger partial charge in [0.2, 0.25) is 10.0 Å². The maximum absolute atomic E-state index is 12.5. The highest BCUT2D eigenvalue weighted by Gasteiger charge is 2.24. The van der Waals surface area contributed by atoms with Crippen molar-refractivity contribution < 1.29 is 22.7 Å². The summed E-state index contributed by atoms with van der Waals surface area (Å²) in [4.78, 5) is 12.5. The normalized spacial score (nSPS) is 15.2. The molecule has 7 nitrogen and oxygen atoms in total. The summed E-state index contributed by atoms with van der Waals surface area (Å²) < 4.78 is 36.9. The molecule has 1 aliphatic heterocycles. The van der Waals surface area contributed by atoms with E-state index in [1.807, 2.05) is 19.1 Å². The van der Waals surface area contributed by atoms with Gasteiger partial charge in [-0.05, 0) is 42.3 Å². The van der Waals surface area contributed by atoms with Gasteiger partial charge in [-0.2, -0.15) is 4.31 Å². The molecule has 0 aromatic heterocycles. The van der Waals surface area contributed by atoms with Gasteiger partial charge >= 0.3 is 0 Å². The SMILES string of the molecule is COc1ccc(C)cc1NC(=O)c1ccc(CS(=O)(=O)N2CCOCC2)cc1. The average molecular weight is 404 g/mol. The van der Waals surface area contributed by atoms with Gasteiger partial charge in [0.05, 0.1) is 31.8 Å². The van der Waals surface area contributed by atoms with Gasteiger partial charge in [-0.1, -0.05) is 18.2 Å². The Morgan fingerprint density at radius 3 is 2.46 bits per heavy atom. The van der Waals surface area contributed by atoms with E-state index in [4.69, 9.17) is 9.47 Å². The zero-order chi connectivity index (χ0) is 20.1. The molecule has 0 spiro atoms. The summed E-state index contributed by atoms with van der Waals surface area (Å²) in [5.41, 5.74) is 2.67. The number of amides is 1. The van der Waals surface area contributed by atoms with Gasteiger partial charge in [0, 0.05) is 18.7 Å². The number of hydrogen-bond donors (Lipinski definition) is 1. The van der Waals surface area contributed by atoms with E-state index in [-0.39, 0.29) is 11.7 Å². The molecule has 8 heteroatoms. The molecule has 2 aromatic rings. The summed E-state index contributed by atoms with van der Waals surface area (Å²) in [6, 6.07) is 12.1. The lowest BCUT2D eigenvalue weighted by molar-refractivity contribution is 0.0729. The maximum Gasteiger partial charge on any atom is 0.255 e. The van der Waals surface area contributed by atoms with E-state index in [1.54, 1.807) is 37.4 Å². The lowest BCUT2D eigenvalue weighted by Gasteiger charge is -2.26. The monoisotopic (exact) mass is 404 g/mol. The Morgan fingerprint density at radius 2 is 1.82 bits per heavy atom. The van der Waals surface area contributed by atoms with E-state index in [0.29, 0.717) is 48.9 Å². The third-order valence-corrected chi connectivity index (χ3v) is 6.38. The second-order valence-electron chi connectivity index (χ2n) is 6.62. The van der Waals surface area contributed by atoms with Gasteiger partial charge in [-0.3, -0.25) is 4.79 Å². The van der Waals surface area contributed by atoms with E-state index in [1.165, 1.54) is 4.31 Å². The zero-order valence-corrected chi connectivity index (χ0v) is 16.8. The third-order valence-electron chi connectivity index (χ3n) is 4.53. The first-order valence-electron chi connectivity index (χ1n) is 8.99. The van der Waals surface area contributed by atoms with Crippen molar-refractivity contribution in [3.05, 3.63) is 59.2 Å². The Bertz CT molecular complexity index is 936. The molecule has 0 aliphatic carbocycles. The average Bonchev–Trinajstić information content (AvgIpc) is 2.69. The van der Waals surface area contributed by atoms with Crippen LogP contribution in [-0.2, 0) is 20.5 Å². The topological polar surface area (TPSA) is 84.9 Å². The minimum atomic E-state index is -3.40. The van der Waals surface area contributed by atoms with Gasteiger partial charge in [0.15, 0.2) is 0 Å². The van der Waals surface area contributed by atoms with Crippen molar-refractivity contribution in [1.82, 2.24) is 4.31 Å². The number of rotatable bonds is 6. The summed E-state index contributed by atoms with van der Waals surface area (Å²) >= 11 is 0. The van der Waals surface area contributed by atoms with Gasteiger partial charge in [0.25, 0.3) is 5.91 Å². The van der Waals surface area contributed by atoms with Crippen molar-refractivity contribution in [1.29, 1.82) is 0 Å². The first-order chi connectivity index (χ1) is 13.4. The van der Waals surface area contributed by atoms with E-state index in [2.05, 4.69) is 5.32 Å². The molecule has 0 unspecified atom stereocenters. The molecule has 1 N–H and O–H groups in total. The Labute approximate surface area is 165 Å². The second kappa shape index (κ2) is 8.72. The van der Waals surface area contributed by atoms with Crippen LogP contribution in [0.2, 0.25) is 0 Å². The predicted molar refractivity (Wildman–Crippen MR) is 107 cm³/mol. The number of aryl methyl sites for hydroxylation is 1. The lowest BCUT2D eigenvalue weighted by Crippen LogP contribution is -2.41. The molecule has 150 valence electrons. The van der Waals surface area contributed by atoms with Crippen molar-refractivity contribution >= 4 is 21.6 Å². The predicted octanol–water partition coefficient (Wildman–Crippen LogP) is 2.42. The lowest BCUT2D eigenvalue weighted by atomic mass is 10.1. The molecule has 1 saturated heterocycles. The number of anilines is 1. The summed E-state index contributed by atoms with van der Waals surface area (Å²) in [6.07, 6.45) is 0. The number of carbonyl (C=O) groups excluding carboxylic acids is 1. The molecule has 28 heavy (non-hydrogen) atoms. The van der Waals surface area contributed by atoms with E-state index < -0.39 is 10.0 Å². The molecule has 3 rings (SSSR count). The number of nitrogens with one attached hydrogen (secondary N) is 1. The van der Waals surface area contributed by atoms with Gasteiger partial charge in [0.1, 0.15) is 5.75 Å². The van der Waals surface area contributed by atoms with Crippen LogP contribution in [0.1, 0.15) is 21.5 Å². The number of nitrogens with zero attached hydrogens (tertiary/aromatic N) is 1. The Balaban J connectivity index is 1.68. The molecule has 0 atom stereocenters. The zero-order valence-electron chi connectivity index (χ0n) is 16.0. The van der Waals surface area contributed by atoms with Crippen LogP contribution in [0.4, 0.5) is 5.69 Å². The third kappa shape index (κ3) is 4.89. The van der Waals surface area contributed by atoms with Crippen molar-refractivity contribution in [2.24, 2.45) is 0 Å². The van der Waals surface area contributed by atoms with Crippen LogP contribution in [-0.4, -0.2) is 52.0 Å². The largest absolute Gasteiger partial charge is 0.495 e. The standard InChI is InChI=1S/C20H24N2O5S/c1-15-3-8-19(26-2)18(13-15)21-20(23)17-6-4-16(5-7-17)14-28(24,25)22-9-11-27-12-10-22/h3-8,13H,9-12,14H2,1-2H3,(H,21,23). The number of sulfonamides is 1. The van der Waals surface area contributed by atoms with Crippen LogP contribution in [0.15, 0.2) is 42.5 Å². The molecular weight excluding hydrogens is 380 g/mol. The molecule has 0 saturated carbocycles. The molecule has 1 fully saturated rings. The first-order valence-corrected chi connectivity index (χ1v) is 10.6. The van der Waals surface area contributed by atoms with Crippen molar-refractivity contribution in [3.8, 4) is 5.75 Å². The van der Waals surface area contributed by atoms with Crippen LogP contribution in [0.3, 0.4) is 0 Å². The summed E-state index contributed by atoms with van der Waals surface area (Å²) in [6.45, 7) is 3.52. The summed E-state index contributed by atoms with van der Waals surface area (Å²) in [7, 11) is -1.85. The van der Waals surface area contributed by atoms with Crippen molar-refractivity contribution in [2.45, 2.75) is 12.7 Å². The molecule has 0 radical (unpaired) electrons. The summed E-state index contributed by atoms with van der Waals surface area (Å²) in [5.74, 6) is 0.194.